The normalized spacial score (nSPS) is 18.7. The van der Waals surface area contributed by atoms with E-state index in [4.69, 9.17) is 26.7 Å². The second-order valence-electron chi connectivity index (χ2n) is 5.93. The monoisotopic (exact) mass is 359 g/mol. The molecule has 0 N–H and O–H groups in total. The second kappa shape index (κ2) is 7.50. The number of aliphatic imine (C=N–C) groups is 1. The van der Waals surface area contributed by atoms with Crippen LogP contribution < -0.4 is 4.74 Å². The molecule has 0 saturated heterocycles. The van der Waals surface area contributed by atoms with Crippen molar-refractivity contribution in [1.29, 1.82) is 0 Å². The van der Waals surface area contributed by atoms with Gasteiger partial charge in [-0.2, -0.15) is 0 Å². The molecule has 0 fully saturated rings. The lowest BCUT2D eigenvalue weighted by Crippen LogP contribution is -2.30. The molecule has 128 valence electrons. The van der Waals surface area contributed by atoms with E-state index >= 15 is 0 Å². The molecule has 1 heterocycles. The van der Waals surface area contributed by atoms with Gasteiger partial charge < -0.3 is 9.47 Å². The number of para-hydroxylation sites is 1. The summed E-state index contributed by atoms with van der Waals surface area (Å²) in [6.45, 7) is 0. The van der Waals surface area contributed by atoms with E-state index in [1.165, 1.54) is 0 Å². The van der Waals surface area contributed by atoms with E-state index in [0.717, 1.165) is 11.1 Å². The van der Waals surface area contributed by atoms with Gasteiger partial charge in [0.05, 0.1) is 0 Å². The van der Waals surface area contributed by atoms with Gasteiger partial charge in [-0.15, -0.1) is 0 Å². The first-order valence-electron chi connectivity index (χ1n) is 8.43. The smallest absolute Gasteiger partial charge is 0.217 e. The quantitative estimate of drug-likeness (QED) is 0.616. The van der Waals surface area contributed by atoms with E-state index in [0.29, 0.717) is 16.7 Å². The van der Waals surface area contributed by atoms with E-state index in [1.807, 2.05) is 91.0 Å². The Balaban J connectivity index is 1.63. The maximum atomic E-state index is 6.13. The van der Waals surface area contributed by atoms with Crippen molar-refractivity contribution in [3.05, 3.63) is 102 Å². The van der Waals surface area contributed by atoms with Crippen molar-refractivity contribution < 1.29 is 9.47 Å². The first-order valence-corrected chi connectivity index (χ1v) is 8.83. The van der Waals surface area contributed by atoms with Gasteiger partial charge in [0.2, 0.25) is 10.9 Å². The highest BCUT2D eigenvalue weighted by Crippen LogP contribution is 2.32. The average Bonchev–Trinajstić information content (AvgIpc) is 3.16. The van der Waals surface area contributed by atoms with Crippen molar-refractivity contribution in [2.75, 3.05) is 0 Å². The maximum Gasteiger partial charge on any atom is 0.217 e. The number of nitrogens with zero attached hydrogens (tertiary/aromatic N) is 1. The van der Waals surface area contributed by atoms with Crippen LogP contribution in [0.3, 0.4) is 0 Å². The Hall–Kier alpha value is -2.98. The topological polar surface area (TPSA) is 30.8 Å². The van der Waals surface area contributed by atoms with Crippen LogP contribution in [0.5, 0.6) is 5.75 Å². The van der Waals surface area contributed by atoms with E-state index in [9.17, 15) is 0 Å². The summed E-state index contributed by atoms with van der Waals surface area (Å²) in [6, 6.07) is 29.1. The molecule has 3 aromatic rings. The van der Waals surface area contributed by atoms with E-state index in [1.54, 1.807) is 0 Å². The average molecular weight is 359 g/mol. The van der Waals surface area contributed by atoms with Crippen LogP contribution in [0.25, 0.3) is 0 Å². The summed E-state index contributed by atoms with van der Waals surface area (Å²) in [5.41, 5.74) is 1.97. The first kappa shape index (κ1) is 16.5. The molecule has 0 aliphatic carbocycles. The maximum absolute atomic E-state index is 6.13. The van der Waals surface area contributed by atoms with Crippen LogP contribution in [0.4, 0.5) is 0 Å². The number of ether oxygens (including phenoxy) is 2. The zero-order valence-corrected chi connectivity index (χ0v) is 14.8. The number of thiocarbonyl (C=S) groups is 1. The Morgan fingerprint density at radius 2 is 1.38 bits per heavy atom. The molecule has 0 amide bonds. The molecule has 0 aromatic heterocycles. The van der Waals surface area contributed by atoms with Crippen molar-refractivity contribution in [2.24, 2.45) is 4.99 Å². The summed E-state index contributed by atoms with van der Waals surface area (Å²) in [5.74, 6) is 1.28. The first-order chi connectivity index (χ1) is 12.8. The summed E-state index contributed by atoms with van der Waals surface area (Å²) in [6.07, 6.45) is -0.456. The highest BCUT2D eigenvalue weighted by atomic mass is 32.1. The fourth-order valence-electron chi connectivity index (χ4n) is 2.87. The van der Waals surface area contributed by atoms with Crippen LogP contribution >= 0.6 is 12.2 Å². The van der Waals surface area contributed by atoms with Crippen LogP contribution in [-0.4, -0.2) is 17.1 Å². The van der Waals surface area contributed by atoms with E-state index < -0.39 is 6.10 Å². The largest absolute Gasteiger partial charge is 0.462 e. The molecule has 1 aliphatic rings. The lowest BCUT2D eigenvalue weighted by molar-refractivity contribution is 0.242. The fourth-order valence-corrected chi connectivity index (χ4v) is 3.15. The third-order valence-corrected chi connectivity index (χ3v) is 4.45. The summed E-state index contributed by atoms with van der Waals surface area (Å²) < 4.78 is 12.0. The van der Waals surface area contributed by atoms with Crippen molar-refractivity contribution in [3.63, 3.8) is 0 Å². The second-order valence-corrected chi connectivity index (χ2v) is 6.33. The summed E-state index contributed by atoms with van der Waals surface area (Å²) in [4.78, 5) is 4.80. The van der Waals surface area contributed by atoms with Gasteiger partial charge in [0.15, 0.2) is 6.10 Å². The Labute approximate surface area is 157 Å². The molecule has 0 spiro atoms. The van der Waals surface area contributed by atoms with Gasteiger partial charge in [-0.3, -0.25) is 0 Å². The number of benzene rings is 3. The standard InChI is InChI=1S/C22H17NO2S/c26-22(24-18-14-8-3-9-15-18)20-19(16-10-4-1-5-11-16)23-21(25-20)17-12-6-2-7-13-17/h1-15,19-20H/t19-,20+/m0/s1. The number of hydrogen-bond donors (Lipinski definition) is 0. The third kappa shape index (κ3) is 3.51. The molecule has 3 nitrogen and oxygen atoms in total. The number of rotatable bonds is 4. The molecule has 0 unspecified atom stereocenters. The SMILES string of the molecule is S=C(Oc1ccccc1)[C@@H]1OC(c2ccccc2)=N[C@H]1c1ccccc1. The summed E-state index contributed by atoms with van der Waals surface area (Å²) in [7, 11) is 0. The van der Waals surface area contributed by atoms with Gasteiger partial charge in [0.1, 0.15) is 11.8 Å². The minimum absolute atomic E-state index is 0.234. The molecular weight excluding hydrogens is 342 g/mol. The Morgan fingerprint density at radius 3 is 2.04 bits per heavy atom. The van der Waals surface area contributed by atoms with Crippen LogP contribution in [0.2, 0.25) is 0 Å². The molecule has 26 heavy (non-hydrogen) atoms. The van der Waals surface area contributed by atoms with E-state index in [2.05, 4.69) is 0 Å². The summed E-state index contributed by atoms with van der Waals surface area (Å²) in [5, 5.41) is 0.375. The minimum atomic E-state index is -0.456. The van der Waals surface area contributed by atoms with Crippen LogP contribution in [0.15, 0.2) is 96.0 Å². The highest BCUT2D eigenvalue weighted by Gasteiger charge is 2.37. The van der Waals surface area contributed by atoms with Gasteiger partial charge in [0.25, 0.3) is 0 Å². The third-order valence-electron chi connectivity index (χ3n) is 4.14. The molecular formula is C22H17NO2S. The lowest BCUT2D eigenvalue weighted by Gasteiger charge is -2.19. The van der Waals surface area contributed by atoms with Crippen LogP contribution in [-0.2, 0) is 4.74 Å². The highest BCUT2D eigenvalue weighted by molar-refractivity contribution is 7.80. The molecule has 0 radical (unpaired) electrons. The van der Waals surface area contributed by atoms with Crippen LogP contribution in [0, 0.1) is 0 Å². The minimum Gasteiger partial charge on any atom is -0.462 e. The molecule has 4 rings (SSSR count). The predicted molar refractivity (Wildman–Crippen MR) is 107 cm³/mol. The van der Waals surface area contributed by atoms with Gasteiger partial charge in [-0.05, 0) is 42.0 Å². The molecule has 1 aliphatic heterocycles. The molecule has 0 bridgehead atoms. The van der Waals surface area contributed by atoms with Gasteiger partial charge in [0, 0.05) is 5.56 Å². The summed E-state index contributed by atoms with van der Waals surface area (Å²) >= 11 is 5.56. The predicted octanol–water partition coefficient (Wildman–Crippen LogP) is 4.98. The van der Waals surface area contributed by atoms with Gasteiger partial charge >= 0.3 is 0 Å². The zero-order valence-electron chi connectivity index (χ0n) is 14.0. The number of hydrogen-bond acceptors (Lipinski definition) is 4. The van der Waals surface area contributed by atoms with Crippen molar-refractivity contribution in [3.8, 4) is 5.75 Å². The fraction of sp³-hybridized carbons (Fsp3) is 0.0909. The van der Waals surface area contributed by atoms with E-state index in [-0.39, 0.29) is 6.04 Å². The molecule has 0 saturated carbocycles. The zero-order chi connectivity index (χ0) is 17.8. The Kier molecular flexibility index (Phi) is 4.75. The Morgan fingerprint density at radius 1 is 0.808 bits per heavy atom. The molecule has 2 atom stereocenters. The van der Waals surface area contributed by atoms with Gasteiger partial charge in [-0.25, -0.2) is 4.99 Å². The van der Waals surface area contributed by atoms with Crippen molar-refractivity contribution >= 4 is 23.2 Å². The lowest BCUT2D eigenvalue weighted by atomic mass is 10.0. The van der Waals surface area contributed by atoms with Crippen molar-refractivity contribution in [2.45, 2.75) is 12.1 Å². The van der Waals surface area contributed by atoms with Crippen LogP contribution in [0.1, 0.15) is 17.2 Å². The Bertz CT molecular complexity index is 911. The van der Waals surface area contributed by atoms with Gasteiger partial charge in [-0.1, -0.05) is 66.7 Å². The molecule has 3 aromatic carbocycles. The molecule has 4 heteroatoms. The van der Waals surface area contributed by atoms with Crippen molar-refractivity contribution in [1.82, 2.24) is 0 Å².